The Bertz CT molecular complexity index is 105. The van der Waals surface area contributed by atoms with Crippen molar-refractivity contribution in [1.82, 2.24) is 0 Å². The van der Waals surface area contributed by atoms with E-state index in [0.717, 1.165) is 6.61 Å². The minimum atomic E-state index is 0.553. The average molecular weight is 112 g/mol. The maximum absolute atomic E-state index is 5.43. The molecule has 1 aliphatic heterocycles. The first-order valence-corrected chi connectivity index (χ1v) is 3.42. The van der Waals surface area contributed by atoms with Crippen molar-refractivity contribution in [1.29, 1.82) is 0 Å². The van der Waals surface area contributed by atoms with Crippen LogP contribution >= 0.6 is 0 Å². The molecule has 1 spiro atoms. The van der Waals surface area contributed by atoms with Crippen molar-refractivity contribution in [2.24, 2.45) is 5.41 Å². The Morgan fingerprint density at radius 3 is 2.50 bits per heavy atom. The van der Waals surface area contributed by atoms with E-state index in [2.05, 4.69) is 6.92 Å². The van der Waals surface area contributed by atoms with Gasteiger partial charge in [0.05, 0.1) is 12.7 Å². The normalized spacial score (nSPS) is 40.9. The van der Waals surface area contributed by atoms with Crippen LogP contribution in [-0.4, -0.2) is 12.7 Å². The molecule has 0 radical (unpaired) electrons. The van der Waals surface area contributed by atoms with Crippen molar-refractivity contribution in [2.45, 2.75) is 32.3 Å². The Kier molecular flexibility index (Phi) is 0.762. The molecule has 46 valence electrons. The molecule has 1 saturated heterocycles. The molecule has 0 aromatic carbocycles. The van der Waals surface area contributed by atoms with Gasteiger partial charge in [0.25, 0.3) is 0 Å². The molecule has 0 unspecified atom stereocenters. The van der Waals surface area contributed by atoms with E-state index in [0.29, 0.717) is 11.5 Å². The first-order chi connectivity index (χ1) is 3.81. The molecule has 8 heavy (non-hydrogen) atoms. The lowest BCUT2D eigenvalue weighted by Crippen LogP contribution is -1.96. The Balaban J connectivity index is 2.03. The van der Waals surface area contributed by atoms with Gasteiger partial charge in [-0.2, -0.15) is 0 Å². The molecule has 1 atom stereocenters. The highest BCUT2D eigenvalue weighted by Crippen LogP contribution is 2.53. The summed E-state index contributed by atoms with van der Waals surface area (Å²) in [4.78, 5) is 0. The van der Waals surface area contributed by atoms with E-state index < -0.39 is 0 Å². The van der Waals surface area contributed by atoms with Gasteiger partial charge in [-0.15, -0.1) is 0 Å². The van der Waals surface area contributed by atoms with Crippen LogP contribution in [0.4, 0.5) is 0 Å². The van der Waals surface area contributed by atoms with Crippen LogP contribution in [0.3, 0.4) is 0 Å². The Labute approximate surface area is 50.0 Å². The topological polar surface area (TPSA) is 9.23 Å². The minimum Gasteiger partial charge on any atom is -0.378 e. The summed E-state index contributed by atoms with van der Waals surface area (Å²) in [6.45, 7) is 3.22. The second kappa shape index (κ2) is 1.27. The zero-order valence-electron chi connectivity index (χ0n) is 5.31. The molecule has 1 saturated carbocycles. The summed E-state index contributed by atoms with van der Waals surface area (Å²) in [5, 5.41) is 0. The molecule has 1 heterocycles. The van der Waals surface area contributed by atoms with E-state index in [1.54, 1.807) is 0 Å². The average Bonchev–Trinajstić information content (AvgIpc) is 2.34. The largest absolute Gasteiger partial charge is 0.378 e. The molecule has 1 aliphatic carbocycles. The quantitative estimate of drug-likeness (QED) is 0.462. The molecule has 0 amide bonds. The van der Waals surface area contributed by atoms with Crippen molar-refractivity contribution in [3.05, 3.63) is 0 Å². The first kappa shape index (κ1) is 4.80. The molecule has 0 N–H and O–H groups in total. The third-order valence-corrected chi connectivity index (χ3v) is 2.35. The van der Waals surface area contributed by atoms with E-state index in [1.807, 2.05) is 0 Å². The Hall–Kier alpha value is -0.0400. The second-order valence-corrected chi connectivity index (χ2v) is 3.33. The molecule has 0 aromatic rings. The van der Waals surface area contributed by atoms with Crippen LogP contribution in [0.2, 0.25) is 0 Å². The minimum absolute atomic E-state index is 0.553. The molecular weight excluding hydrogens is 100 g/mol. The maximum atomic E-state index is 5.43. The lowest BCUT2D eigenvalue weighted by atomic mass is 10.0. The Morgan fingerprint density at radius 2 is 2.25 bits per heavy atom. The van der Waals surface area contributed by atoms with E-state index in [4.69, 9.17) is 4.74 Å². The fourth-order valence-electron chi connectivity index (χ4n) is 1.57. The van der Waals surface area contributed by atoms with Crippen LogP contribution in [0, 0.1) is 5.41 Å². The molecule has 0 bridgehead atoms. The molecule has 2 aliphatic rings. The van der Waals surface area contributed by atoms with Gasteiger partial charge in [-0.25, -0.2) is 0 Å². The van der Waals surface area contributed by atoms with Gasteiger partial charge in [-0.1, -0.05) is 0 Å². The van der Waals surface area contributed by atoms with E-state index >= 15 is 0 Å². The molecule has 1 heteroatoms. The van der Waals surface area contributed by atoms with Crippen LogP contribution in [0.5, 0.6) is 0 Å². The first-order valence-electron chi connectivity index (χ1n) is 3.42. The maximum Gasteiger partial charge on any atom is 0.0553 e. The zero-order valence-corrected chi connectivity index (χ0v) is 5.31. The lowest BCUT2D eigenvalue weighted by molar-refractivity contribution is 0.118. The summed E-state index contributed by atoms with van der Waals surface area (Å²) in [6.07, 6.45) is 4.74. The second-order valence-electron chi connectivity index (χ2n) is 3.33. The number of hydrogen-bond acceptors (Lipinski definition) is 1. The highest BCUT2D eigenvalue weighted by molar-refractivity contribution is 4.97. The van der Waals surface area contributed by atoms with Crippen molar-refractivity contribution >= 4 is 0 Å². The predicted octanol–water partition coefficient (Wildman–Crippen LogP) is 1.58. The van der Waals surface area contributed by atoms with Crippen molar-refractivity contribution in [3.8, 4) is 0 Å². The van der Waals surface area contributed by atoms with Gasteiger partial charge in [-0.05, 0) is 31.6 Å². The van der Waals surface area contributed by atoms with Crippen molar-refractivity contribution in [3.63, 3.8) is 0 Å². The van der Waals surface area contributed by atoms with Gasteiger partial charge in [0.15, 0.2) is 0 Å². The number of hydrogen-bond donors (Lipinski definition) is 0. The fraction of sp³-hybridized carbons (Fsp3) is 1.00. The van der Waals surface area contributed by atoms with Crippen molar-refractivity contribution in [2.75, 3.05) is 6.61 Å². The van der Waals surface area contributed by atoms with Gasteiger partial charge in [0, 0.05) is 0 Å². The van der Waals surface area contributed by atoms with Gasteiger partial charge >= 0.3 is 0 Å². The smallest absolute Gasteiger partial charge is 0.0553 e. The monoisotopic (exact) mass is 112 g/mol. The van der Waals surface area contributed by atoms with E-state index in [1.165, 1.54) is 19.3 Å². The van der Waals surface area contributed by atoms with Crippen LogP contribution in [0.25, 0.3) is 0 Å². The van der Waals surface area contributed by atoms with E-state index in [9.17, 15) is 0 Å². The van der Waals surface area contributed by atoms with Gasteiger partial charge in [0.1, 0.15) is 0 Å². The highest BCUT2D eigenvalue weighted by atomic mass is 16.5. The zero-order chi connectivity index (χ0) is 5.61. The van der Waals surface area contributed by atoms with Gasteiger partial charge in [-0.3, -0.25) is 0 Å². The van der Waals surface area contributed by atoms with Gasteiger partial charge in [0.2, 0.25) is 0 Å². The third kappa shape index (κ3) is 0.576. The molecular formula is C7H12O. The van der Waals surface area contributed by atoms with Crippen molar-refractivity contribution < 1.29 is 4.74 Å². The summed E-state index contributed by atoms with van der Waals surface area (Å²) < 4.78 is 5.43. The summed E-state index contributed by atoms with van der Waals surface area (Å²) in [5.41, 5.74) is 0.694. The predicted molar refractivity (Wildman–Crippen MR) is 31.7 cm³/mol. The summed E-state index contributed by atoms with van der Waals surface area (Å²) in [5.74, 6) is 0. The van der Waals surface area contributed by atoms with Crippen LogP contribution in [0.15, 0.2) is 0 Å². The fourth-order valence-corrected chi connectivity index (χ4v) is 1.57. The standard InChI is InChI=1S/C7H12O/c1-6-4-7(2-3-7)5-8-6/h6H,2-5H2,1H3/t6-/m0/s1. The lowest BCUT2D eigenvalue weighted by Gasteiger charge is -1.97. The SMILES string of the molecule is C[C@H]1CC2(CC2)CO1. The number of ether oxygens (including phenoxy) is 1. The molecule has 2 rings (SSSR count). The van der Waals surface area contributed by atoms with Crippen LogP contribution < -0.4 is 0 Å². The molecule has 0 aromatic heterocycles. The highest BCUT2D eigenvalue weighted by Gasteiger charge is 2.47. The van der Waals surface area contributed by atoms with Crippen LogP contribution in [-0.2, 0) is 4.74 Å². The third-order valence-electron chi connectivity index (χ3n) is 2.35. The summed E-state index contributed by atoms with van der Waals surface area (Å²) in [6, 6.07) is 0. The Morgan fingerprint density at radius 1 is 1.50 bits per heavy atom. The van der Waals surface area contributed by atoms with E-state index in [-0.39, 0.29) is 0 Å². The molecule has 2 fully saturated rings. The molecule has 1 nitrogen and oxygen atoms in total. The number of rotatable bonds is 0. The summed E-state index contributed by atoms with van der Waals surface area (Å²) in [7, 11) is 0. The van der Waals surface area contributed by atoms with Crippen LogP contribution in [0.1, 0.15) is 26.2 Å². The van der Waals surface area contributed by atoms with Gasteiger partial charge < -0.3 is 4.74 Å². The summed E-state index contributed by atoms with van der Waals surface area (Å²) >= 11 is 0.